The van der Waals surface area contributed by atoms with Gasteiger partial charge in [-0.2, -0.15) is 4.31 Å². The number of nitrogens with one attached hydrogen (secondary N) is 3. The Bertz CT molecular complexity index is 1340. The fourth-order valence-corrected chi connectivity index (χ4v) is 5.88. The molecule has 1 aliphatic rings. The highest BCUT2D eigenvalue weighted by Crippen LogP contribution is 2.32. The number of anilines is 1. The van der Waals surface area contributed by atoms with Gasteiger partial charge in [-0.05, 0) is 50.1 Å². The third-order valence-corrected chi connectivity index (χ3v) is 8.41. The molecule has 3 rings (SSSR count). The van der Waals surface area contributed by atoms with Crippen LogP contribution in [0, 0.1) is 13.8 Å². The summed E-state index contributed by atoms with van der Waals surface area (Å²) in [5.41, 5.74) is 3.65. The fourth-order valence-electron chi connectivity index (χ4n) is 4.39. The van der Waals surface area contributed by atoms with Crippen LogP contribution in [0.1, 0.15) is 43.5 Å². The topological polar surface area (TPSA) is 126 Å². The van der Waals surface area contributed by atoms with E-state index in [0.717, 1.165) is 16.7 Å². The summed E-state index contributed by atoms with van der Waals surface area (Å²) in [6.45, 7) is 9.96. The van der Waals surface area contributed by atoms with Gasteiger partial charge in [0.2, 0.25) is 10.0 Å². The number of nitrogens with zero attached hydrogens (tertiary/aromatic N) is 1. The van der Waals surface area contributed by atoms with Crippen LogP contribution in [0.2, 0.25) is 0 Å². The molecule has 206 valence electrons. The Labute approximate surface area is 224 Å². The van der Waals surface area contributed by atoms with Crippen molar-refractivity contribution >= 4 is 27.7 Å². The predicted molar refractivity (Wildman–Crippen MR) is 146 cm³/mol. The molecule has 0 unspecified atom stereocenters. The maximum absolute atomic E-state index is 13.1. The Hall–Kier alpha value is -3.57. The monoisotopic (exact) mass is 544 g/mol. The summed E-state index contributed by atoms with van der Waals surface area (Å²) in [7, 11) is -2.24. The summed E-state index contributed by atoms with van der Waals surface area (Å²) in [5, 5.41) is 8.73. The molecule has 2 aromatic rings. The number of benzene rings is 2. The van der Waals surface area contributed by atoms with Crippen LogP contribution < -0.4 is 20.7 Å². The van der Waals surface area contributed by atoms with Crippen LogP contribution in [0.4, 0.5) is 10.5 Å². The standard InChI is InChI=1S/C27H36N4O6S/c1-7-31(8-2)38(34,35)19-12-13-23(36-6)21(15-19)28-16-22-24(26(32)37-9-3)25(30-27(33)29-22)20-14-17(4)10-11-18(20)5/h10-15,25,28H,7-9,16H2,1-6H3,(H2,29,30,33)/t25-/m1/s1. The molecule has 38 heavy (non-hydrogen) atoms. The van der Waals surface area contributed by atoms with Gasteiger partial charge in [0.1, 0.15) is 5.75 Å². The summed E-state index contributed by atoms with van der Waals surface area (Å²) in [6, 6.07) is 9.18. The highest BCUT2D eigenvalue weighted by Gasteiger charge is 2.34. The van der Waals surface area contributed by atoms with Gasteiger partial charge in [0.05, 0.1) is 48.2 Å². The van der Waals surface area contributed by atoms with Crippen LogP contribution in [-0.2, 0) is 19.6 Å². The van der Waals surface area contributed by atoms with Crippen molar-refractivity contribution in [3.8, 4) is 5.75 Å². The number of ether oxygens (including phenoxy) is 2. The van der Waals surface area contributed by atoms with Crippen molar-refractivity contribution in [2.75, 3.05) is 38.7 Å². The molecule has 10 nitrogen and oxygen atoms in total. The number of methoxy groups -OCH3 is 1. The molecule has 1 atom stereocenters. The van der Waals surface area contributed by atoms with Gasteiger partial charge < -0.3 is 25.4 Å². The second-order valence-electron chi connectivity index (χ2n) is 8.81. The molecule has 2 aromatic carbocycles. The Kier molecular flexibility index (Phi) is 9.40. The maximum Gasteiger partial charge on any atom is 0.338 e. The lowest BCUT2D eigenvalue weighted by atomic mass is 9.91. The van der Waals surface area contributed by atoms with Gasteiger partial charge in [0.25, 0.3) is 0 Å². The second-order valence-corrected chi connectivity index (χ2v) is 10.7. The number of carbonyl (C=O) groups is 2. The van der Waals surface area contributed by atoms with E-state index in [-0.39, 0.29) is 23.6 Å². The van der Waals surface area contributed by atoms with Gasteiger partial charge in [0.15, 0.2) is 0 Å². The summed E-state index contributed by atoms with van der Waals surface area (Å²) < 4.78 is 38.3. The van der Waals surface area contributed by atoms with E-state index in [1.165, 1.54) is 23.5 Å². The zero-order valence-electron chi connectivity index (χ0n) is 22.7. The summed E-state index contributed by atoms with van der Waals surface area (Å²) >= 11 is 0. The second kappa shape index (κ2) is 12.3. The summed E-state index contributed by atoms with van der Waals surface area (Å²) in [4.78, 5) is 25.9. The lowest BCUT2D eigenvalue weighted by Gasteiger charge is -2.30. The quantitative estimate of drug-likeness (QED) is 0.369. The number of rotatable bonds is 11. The zero-order chi connectivity index (χ0) is 28.0. The number of hydrogen-bond acceptors (Lipinski definition) is 7. The first kappa shape index (κ1) is 29.0. The third-order valence-electron chi connectivity index (χ3n) is 6.36. The maximum atomic E-state index is 13.1. The fraction of sp³-hybridized carbons (Fsp3) is 0.407. The highest BCUT2D eigenvalue weighted by atomic mass is 32.2. The van der Waals surface area contributed by atoms with Gasteiger partial charge in [-0.25, -0.2) is 18.0 Å². The van der Waals surface area contributed by atoms with E-state index >= 15 is 0 Å². The number of sulfonamides is 1. The first-order chi connectivity index (χ1) is 18.1. The SMILES string of the molecule is CCOC(=O)C1=C(CNc2cc(S(=O)(=O)N(CC)CC)ccc2OC)NC(=O)N[C@@H]1c1cc(C)ccc1C. The van der Waals surface area contributed by atoms with Crippen LogP contribution in [-0.4, -0.2) is 58.1 Å². The van der Waals surface area contributed by atoms with Crippen LogP contribution >= 0.6 is 0 Å². The van der Waals surface area contributed by atoms with Gasteiger partial charge >= 0.3 is 12.0 Å². The van der Waals surface area contributed by atoms with E-state index in [1.807, 2.05) is 32.0 Å². The number of urea groups is 1. The molecule has 2 amide bonds. The molecule has 0 aliphatic carbocycles. The van der Waals surface area contributed by atoms with Gasteiger partial charge in [-0.15, -0.1) is 0 Å². The smallest absolute Gasteiger partial charge is 0.338 e. The predicted octanol–water partition coefficient (Wildman–Crippen LogP) is 3.63. The Morgan fingerprint density at radius 1 is 1.08 bits per heavy atom. The Morgan fingerprint density at radius 3 is 2.42 bits per heavy atom. The molecular weight excluding hydrogens is 508 g/mol. The lowest BCUT2D eigenvalue weighted by Crippen LogP contribution is -2.47. The highest BCUT2D eigenvalue weighted by molar-refractivity contribution is 7.89. The molecule has 0 aromatic heterocycles. The van der Waals surface area contributed by atoms with Crippen molar-refractivity contribution in [2.45, 2.75) is 45.6 Å². The van der Waals surface area contributed by atoms with E-state index in [4.69, 9.17) is 9.47 Å². The van der Waals surface area contributed by atoms with Crippen molar-refractivity contribution in [2.24, 2.45) is 0 Å². The van der Waals surface area contributed by atoms with E-state index in [2.05, 4.69) is 16.0 Å². The van der Waals surface area contributed by atoms with Crippen LogP contribution in [0.5, 0.6) is 5.75 Å². The van der Waals surface area contributed by atoms with E-state index in [0.29, 0.717) is 30.2 Å². The normalized spacial score (nSPS) is 15.7. The van der Waals surface area contributed by atoms with Gasteiger partial charge in [-0.3, -0.25) is 0 Å². The molecule has 0 bridgehead atoms. The van der Waals surface area contributed by atoms with E-state index in [9.17, 15) is 18.0 Å². The van der Waals surface area contributed by atoms with Crippen molar-refractivity contribution in [1.29, 1.82) is 0 Å². The average molecular weight is 545 g/mol. The average Bonchev–Trinajstić information content (AvgIpc) is 2.88. The number of hydrogen-bond donors (Lipinski definition) is 3. The number of aryl methyl sites for hydroxylation is 2. The number of amides is 2. The minimum Gasteiger partial charge on any atom is -0.495 e. The summed E-state index contributed by atoms with van der Waals surface area (Å²) in [6.07, 6.45) is 0. The first-order valence-corrected chi connectivity index (χ1v) is 14.0. The molecule has 0 saturated carbocycles. The summed E-state index contributed by atoms with van der Waals surface area (Å²) in [5.74, 6) is -0.152. The minimum absolute atomic E-state index is 0.00800. The van der Waals surface area contributed by atoms with Crippen molar-refractivity contribution in [3.63, 3.8) is 0 Å². The van der Waals surface area contributed by atoms with Crippen LogP contribution in [0.15, 0.2) is 52.6 Å². The minimum atomic E-state index is -3.71. The number of carbonyl (C=O) groups excluding carboxylic acids is 2. The van der Waals surface area contributed by atoms with Crippen molar-refractivity contribution in [1.82, 2.24) is 14.9 Å². The van der Waals surface area contributed by atoms with Crippen LogP contribution in [0.3, 0.4) is 0 Å². The molecule has 0 radical (unpaired) electrons. The largest absolute Gasteiger partial charge is 0.495 e. The van der Waals surface area contributed by atoms with E-state index < -0.39 is 28.1 Å². The zero-order valence-corrected chi connectivity index (χ0v) is 23.5. The molecule has 1 heterocycles. The third kappa shape index (κ3) is 6.11. The Morgan fingerprint density at radius 2 is 1.79 bits per heavy atom. The Balaban J connectivity index is 2.06. The molecular formula is C27H36N4O6S. The van der Waals surface area contributed by atoms with E-state index in [1.54, 1.807) is 26.8 Å². The van der Waals surface area contributed by atoms with Gasteiger partial charge in [0, 0.05) is 13.1 Å². The first-order valence-electron chi connectivity index (χ1n) is 12.5. The molecule has 0 spiro atoms. The van der Waals surface area contributed by atoms with Crippen LogP contribution in [0.25, 0.3) is 0 Å². The molecule has 0 saturated heterocycles. The van der Waals surface area contributed by atoms with Crippen molar-refractivity contribution in [3.05, 3.63) is 64.4 Å². The number of esters is 1. The lowest BCUT2D eigenvalue weighted by molar-refractivity contribution is -0.139. The molecule has 11 heteroatoms. The molecule has 3 N–H and O–H groups in total. The van der Waals surface area contributed by atoms with Crippen molar-refractivity contribution < 1.29 is 27.5 Å². The molecule has 0 fully saturated rings. The molecule has 1 aliphatic heterocycles. The van der Waals surface area contributed by atoms with Gasteiger partial charge in [-0.1, -0.05) is 37.6 Å².